The number of nitrogens with one attached hydrogen (secondary N) is 1. The normalized spacial score (nSPS) is 12.6. The monoisotopic (exact) mass is 455 g/mol. The van der Waals surface area contributed by atoms with Crippen LogP contribution in [0.1, 0.15) is 67.7 Å². The van der Waals surface area contributed by atoms with Gasteiger partial charge in [0.15, 0.2) is 0 Å². The SMILES string of the molecule is CCCCCCC(NS(=O)(=O)c1ccc(F)cc1)c1ccc(CCCC(=O)OC)s1. The van der Waals surface area contributed by atoms with Crippen molar-refractivity contribution >= 4 is 27.3 Å². The maximum atomic E-state index is 13.2. The van der Waals surface area contributed by atoms with Crippen LogP contribution in [-0.2, 0) is 26.0 Å². The topological polar surface area (TPSA) is 72.5 Å². The van der Waals surface area contributed by atoms with Crippen LogP contribution in [0.2, 0.25) is 0 Å². The van der Waals surface area contributed by atoms with Crippen LogP contribution in [0.15, 0.2) is 41.3 Å². The molecule has 0 saturated carbocycles. The molecule has 1 unspecified atom stereocenters. The van der Waals surface area contributed by atoms with Crippen molar-refractivity contribution in [2.75, 3.05) is 7.11 Å². The molecule has 0 aliphatic heterocycles. The summed E-state index contributed by atoms with van der Waals surface area (Å²) in [5.41, 5.74) is 0. The van der Waals surface area contributed by atoms with Crippen LogP contribution in [0.25, 0.3) is 0 Å². The van der Waals surface area contributed by atoms with Gasteiger partial charge in [0, 0.05) is 16.2 Å². The summed E-state index contributed by atoms with van der Waals surface area (Å²) in [6, 6.07) is 8.45. The first-order valence-corrected chi connectivity index (χ1v) is 12.6. The number of esters is 1. The molecule has 0 amide bonds. The molecule has 0 aliphatic carbocycles. The predicted octanol–water partition coefficient (Wildman–Crippen LogP) is 5.37. The van der Waals surface area contributed by atoms with Crippen molar-refractivity contribution in [3.05, 3.63) is 52.0 Å². The summed E-state index contributed by atoms with van der Waals surface area (Å²) in [4.78, 5) is 13.4. The zero-order valence-electron chi connectivity index (χ0n) is 17.5. The van der Waals surface area contributed by atoms with Gasteiger partial charge in [-0.1, -0.05) is 32.6 Å². The fourth-order valence-electron chi connectivity index (χ4n) is 3.13. The maximum absolute atomic E-state index is 13.2. The van der Waals surface area contributed by atoms with Crippen LogP contribution in [0.5, 0.6) is 0 Å². The molecular weight excluding hydrogens is 425 g/mol. The standard InChI is InChI=1S/C22H30FNO4S2/c1-3-4-5-6-9-20(24-30(26,27)19-14-11-17(23)12-15-19)21-16-13-18(29-21)8-7-10-22(25)28-2/h11-16,20,24H,3-10H2,1-2H3. The van der Waals surface area contributed by atoms with Crippen molar-refractivity contribution in [1.29, 1.82) is 0 Å². The number of sulfonamides is 1. The Balaban J connectivity index is 2.10. The molecule has 5 nitrogen and oxygen atoms in total. The number of carbonyl (C=O) groups excluding carboxylic acids is 1. The van der Waals surface area contributed by atoms with E-state index in [1.807, 2.05) is 12.1 Å². The average Bonchev–Trinajstić information content (AvgIpc) is 3.19. The smallest absolute Gasteiger partial charge is 0.305 e. The number of hydrogen-bond donors (Lipinski definition) is 1. The molecule has 2 rings (SSSR count). The lowest BCUT2D eigenvalue weighted by molar-refractivity contribution is -0.140. The average molecular weight is 456 g/mol. The number of halogens is 1. The highest BCUT2D eigenvalue weighted by Crippen LogP contribution is 2.30. The van der Waals surface area contributed by atoms with Gasteiger partial charge >= 0.3 is 5.97 Å². The largest absolute Gasteiger partial charge is 0.469 e. The fourth-order valence-corrected chi connectivity index (χ4v) is 5.59. The summed E-state index contributed by atoms with van der Waals surface area (Å²) in [7, 11) is -2.38. The maximum Gasteiger partial charge on any atom is 0.305 e. The molecule has 1 aromatic heterocycles. The van der Waals surface area contributed by atoms with Gasteiger partial charge in [-0.15, -0.1) is 11.3 Å². The third-order valence-electron chi connectivity index (χ3n) is 4.83. The van der Waals surface area contributed by atoms with Gasteiger partial charge in [-0.05, 0) is 55.7 Å². The molecule has 1 N–H and O–H groups in total. The Kier molecular flexibility index (Phi) is 9.94. The van der Waals surface area contributed by atoms with Crippen LogP contribution in [-0.4, -0.2) is 21.5 Å². The highest BCUT2D eigenvalue weighted by Gasteiger charge is 2.22. The summed E-state index contributed by atoms with van der Waals surface area (Å²) in [5.74, 6) is -0.701. The number of thiophene rings is 1. The van der Waals surface area contributed by atoms with Gasteiger partial charge < -0.3 is 4.74 Å². The first-order valence-electron chi connectivity index (χ1n) is 10.3. The molecule has 0 spiro atoms. The van der Waals surface area contributed by atoms with Crippen molar-refractivity contribution in [3.63, 3.8) is 0 Å². The molecular formula is C22H30FNO4S2. The lowest BCUT2D eigenvalue weighted by Gasteiger charge is -2.18. The molecule has 30 heavy (non-hydrogen) atoms. The van der Waals surface area contributed by atoms with E-state index in [1.54, 1.807) is 11.3 Å². The van der Waals surface area contributed by atoms with Crippen molar-refractivity contribution in [2.24, 2.45) is 0 Å². The quantitative estimate of drug-likeness (QED) is 0.325. The molecule has 1 atom stereocenters. The van der Waals surface area contributed by atoms with Gasteiger partial charge in [-0.25, -0.2) is 17.5 Å². The number of rotatable bonds is 13. The Labute approximate surface area is 182 Å². The summed E-state index contributed by atoms with van der Waals surface area (Å²) in [6.45, 7) is 2.13. The van der Waals surface area contributed by atoms with Crippen LogP contribution in [0, 0.1) is 5.82 Å². The minimum absolute atomic E-state index is 0.0531. The van der Waals surface area contributed by atoms with Gasteiger partial charge in [-0.2, -0.15) is 0 Å². The Hall–Kier alpha value is -1.77. The van der Waals surface area contributed by atoms with Crippen LogP contribution >= 0.6 is 11.3 Å². The molecule has 1 aromatic carbocycles. The highest BCUT2D eigenvalue weighted by molar-refractivity contribution is 7.89. The van der Waals surface area contributed by atoms with E-state index in [1.165, 1.54) is 19.2 Å². The molecule has 0 aliphatic rings. The number of ether oxygens (including phenoxy) is 1. The highest BCUT2D eigenvalue weighted by atomic mass is 32.2. The minimum atomic E-state index is -3.76. The first kappa shape index (κ1) is 24.5. The number of methoxy groups -OCH3 is 1. The predicted molar refractivity (Wildman–Crippen MR) is 117 cm³/mol. The third-order valence-corrected chi connectivity index (χ3v) is 7.57. The molecule has 166 valence electrons. The Morgan fingerprint density at radius 1 is 1.10 bits per heavy atom. The van der Waals surface area contributed by atoms with Crippen molar-refractivity contribution < 1.29 is 22.3 Å². The van der Waals surface area contributed by atoms with E-state index in [2.05, 4.69) is 16.4 Å². The summed E-state index contributed by atoms with van der Waals surface area (Å²) in [6.07, 6.45) is 6.67. The zero-order chi connectivity index (χ0) is 22.0. The molecule has 0 radical (unpaired) electrons. The van der Waals surface area contributed by atoms with Gasteiger partial charge in [0.1, 0.15) is 5.82 Å². The summed E-state index contributed by atoms with van der Waals surface area (Å²) >= 11 is 1.56. The van der Waals surface area contributed by atoms with Crippen LogP contribution in [0.4, 0.5) is 4.39 Å². The van der Waals surface area contributed by atoms with Crippen molar-refractivity contribution in [1.82, 2.24) is 4.72 Å². The summed E-state index contributed by atoms with van der Waals surface area (Å²) < 4.78 is 46.3. The molecule has 1 heterocycles. The molecule has 2 aromatic rings. The lowest BCUT2D eigenvalue weighted by atomic mass is 10.1. The molecule has 0 fully saturated rings. The van der Waals surface area contributed by atoms with Gasteiger partial charge in [0.2, 0.25) is 10.0 Å². The van der Waals surface area contributed by atoms with E-state index < -0.39 is 15.8 Å². The Bertz CT molecular complexity index is 894. The van der Waals surface area contributed by atoms with E-state index in [0.717, 1.165) is 54.0 Å². The summed E-state index contributed by atoms with van der Waals surface area (Å²) in [5, 5.41) is 0. The fraction of sp³-hybridized carbons (Fsp3) is 0.500. The third kappa shape index (κ3) is 7.81. The number of carbonyl (C=O) groups is 1. The van der Waals surface area contributed by atoms with Crippen molar-refractivity contribution in [2.45, 2.75) is 69.2 Å². The zero-order valence-corrected chi connectivity index (χ0v) is 19.2. The molecule has 8 heteroatoms. The van der Waals surface area contributed by atoms with E-state index in [-0.39, 0.29) is 16.9 Å². The number of hydrogen-bond acceptors (Lipinski definition) is 5. The van der Waals surface area contributed by atoms with E-state index in [4.69, 9.17) is 0 Å². The first-order chi connectivity index (χ1) is 14.4. The van der Waals surface area contributed by atoms with Crippen LogP contribution in [0.3, 0.4) is 0 Å². The second-order valence-electron chi connectivity index (χ2n) is 7.21. The number of aryl methyl sites for hydroxylation is 1. The number of benzene rings is 1. The Morgan fingerprint density at radius 2 is 1.83 bits per heavy atom. The second kappa shape index (κ2) is 12.2. The van der Waals surface area contributed by atoms with Gasteiger partial charge in [-0.3, -0.25) is 4.79 Å². The van der Waals surface area contributed by atoms with E-state index >= 15 is 0 Å². The molecule has 0 bridgehead atoms. The van der Waals surface area contributed by atoms with E-state index in [0.29, 0.717) is 19.3 Å². The molecule has 0 saturated heterocycles. The van der Waals surface area contributed by atoms with Crippen LogP contribution < -0.4 is 4.72 Å². The second-order valence-corrected chi connectivity index (χ2v) is 10.1. The van der Waals surface area contributed by atoms with Gasteiger partial charge in [0.05, 0.1) is 18.0 Å². The van der Waals surface area contributed by atoms with Crippen molar-refractivity contribution in [3.8, 4) is 0 Å². The number of unbranched alkanes of at least 4 members (excludes halogenated alkanes) is 3. The van der Waals surface area contributed by atoms with E-state index in [9.17, 15) is 17.6 Å². The minimum Gasteiger partial charge on any atom is -0.469 e. The lowest BCUT2D eigenvalue weighted by Crippen LogP contribution is -2.28. The van der Waals surface area contributed by atoms with Gasteiger partial charge in [0.25, 0.3) is 0 Å². The Morgan fingerprint density at radius 3 is 2.50 bits per heavy atom.